The van der Waals surface area contributed by atoms with Crippen molar-refractivity contribution in [3.05, 3.63) is 29.8 Å². The first-order valence-electron chi connectivity index (χ1n) is 6.83. The zero-order valence-electron chi connectivity index (χ0n) is 12.0. The van der Waals surface area contributed by atoms with Crippen LogP contribution in [0.25, 0.3) is 0 Å². The Labute approximate surface area is 115 Å². The third-order valence-corrected chi connectivity index (χ3v) is 3.24. The fourth-order valence-electron chi connectivity index (χ4n) is 1.73. The molecule has 3 N–H and O–H groups in total. The molecular formula is C15H24N2O2. The topological polar surface area (TPSA) is 64.3 Å². The minimum Gasteiger partial charge on any atom is -0.494 e. The first-order valence-corrected chi connectivity index (χ1v) is 6.83. The molecule has 4 nitrogen and oxygen atoms in total. The second kappa shape index (κ2) is 7.79. The summed E-state index contributed by atoms with van der Waals surface area (Å²) in [6.07, 6.45) is 0.897. The maximum Gasteiger partial charge on any atom is 0.237 e. The molecule has 0 spiro atoms. The van der Waals surface area contributed by atoms with E-state index in [1.54, 1.807) is 0 Å². The molecule has 0 saturated heterocycles. The molecule has 0 radical (unpaired) electrons. The van der Waals surface area contributed by atoms with E-state index in [1.165, 1.54) is 0 Å². The average Bonchev–Trinajstić information content (AvgIpc) is 2.44. The molecule has 0 bridgehead atoms. The normalized spacial score (nSPS) is 13.7. The maximum absolute atomic E-state index is 11.9. The van der Waals surface area contributed by atoms with Crippen molar-refractivity contribution >= 4 is 5.91 Å². The van der Waals surface area contributed by atoms with E-state index in [1.807, 2.05) is 45.0 Å². The number of carbonyl (C=O) groups excluding carboxylic acids is 1. The van der Waals surface area contributed by atoms with Gasteiger partial charge in [0.1, 0.15) is 5.75 Å². The number of nitrogens with one attached hydrogen (secondary N) is 1. The lowest BCUT2D eigenvalue weighted by atomic mass is 9.99. The van der Waals surface area contributed by atoms with E-state index < -0.39 is 6.04 Å². The molecule has 0 saturated carbocycles. The number of hydrogen-bond acceptors (Lipinski definition) is 3. The highest BCUT2D eigenvalue weighted by molar-refractivity contribution is 5.81. The molecule has 0 heterocycles. The Kier molecular flexibility index (Phi) is 6.36. The molecule has 19 heavy (non-hydrogen) atoms. The minimum absolute atomic E-state index is 0.101. The molecule has 1 unspecified atom stereocenters. The fraction of sp³-hybridized carbons (Fsp3) is 0.533. The van der Waals surface area contributed by atoms with Crippen LogP contribution in [-0.2, 0) is 11.3 Å². The van der Waals surface area contributed by atoms with Gasteiger partial charge < -0.3 is 15.8 Å². The fourth-order valence-corrected chi connectivity index (χ4v) is 1.73. The number of amides is 1. The van der Waals surface area contributed by atoms with Crippen molar-refractivity contribution < 1.29 is 9.53 Å². The van der Waals surface area contributed by atoms with Gasteiger partial charge >= 0.3 is 0 Å². The summed E-state index contributed by atoms with van der Waals surface area (Å²) >= 11 is 0. The highest BCUT2D eigenvalue weighted by Gasteiger charge is 2.18. The summed E-state index contributed by atoms with van der Waals surface area (Å²) in [5.41, 5.74) is 6.89. The molecule has 2 atom stereocenters. The first kappa shape index (κ1) is 15.5. The van der Waals surface area contributed by atoms with Gasteiger partial charge in [-0.05, 0) is 30.5 Å². The molecule has 4 heteroatoms. The Bertz CT molecular complexity index is 407. The van der Waals surface area contributed by atoms with Crippen molar-refractivity contribution in [2.75, 3.05) is 6.61 Å². The van der Waals surface area contributed by atoms with E-state index in [0.29, 0.717) is 13.2 Å². The molecule has 1 aromatic carbocycles. The van der Waals surface area contributed by atoms with Crippen molar-refractivity contribution in [3.8, 4) is 5.75 Å². The van der Waals surface area contributed by atoms with E-state index in [0.717, 1.165) is 17.7 Å². The van der Waals surface area contributed by atoms with Crippen molar-refractivity contribution in [1.29, 1.82) is 0 Å². The lowest BCUT2D eigenvalue weighted by Gasteiger charge is -2.17. The van der Waals surface area contributed by atoms with Crippen LogP contribution in [0, 0.1) is 5.92 Å². The summed E-state index contributed by atoms with van der Waals surface area (Å²) in [6.45, 7) is 7.07. The van der Waals surface area contributed by atoms with Crippen molar-refractivity contribution in [2.24, 2.45) is 11.7 Å². The zero-order valence-corrected chi connectivity index (χ0v) is 12.0. The lowest BCUT2D eigenvalue weighted by Crippen LogP contribution is -2.44. The first-order chi connectivity index (χ1) is 9.08. The quantitative estimate of drug-likeness (QED) is 0.792. The molecular weight excluding hydrogens is 240 g/mol. The molecule has 1 rings (SSSR count). The Balaban J connectivity index is 2.52. The van der Waals surface area contributed by atoms with Gasteiger partial charge in [-0.15, -0.1) is 0 Å². The van der Waals surface area contributed by atoms with Crippen LogP contribution >= 0.6 is 0 Å². The minimum atomic E-state index is -0.444. The Morgan fingerprint density at radius 1 is 1.42 bits per heavy atom. The number of ether oxygens (including phenoxy) is 1. The summed E-state index contributed by atoms with van der Waals surface area (Å²) in [5, 5.41) is 2.86. The highest BCUT2D eigenvalue weighted by atomic mass is 16.5. The van der Waals surface area contributed by atoms with Crippen LogP contribution < -0.4 is 15.8 Å². The Morgan fingerprint density at radius 2 is 2.16 bits per heavy atom. The monoisotopic (exact) mass is 264 g/mol. The second-order valence-corrected chi connectivity index (χ2v) is 4.71. The van der Waals surface area contributed by atoms with Crippen LogP contribution in [0.1, 0.15) is 32.8 Å². The highest BCUT2D eigenvalue weighted by Crippen LogP contribution is 2.13. The van der Waals surface area contributed by atoms with E-state index in [9.17, 15) is 4.79 Å². The van der Waals surface area contributed by atoms with Gasteiger partial charge in [-0.2, -0.15) is 0 Å². The third-order valence-electron chi connectivity index (χ3n) is 3.24. The molecule has 106 valence electrons. The average molecular weight is 264 g/mol. The van der Waals surface area contributed by atoms with Crippen LogP contribution in [0.3, 0.4) is 0 Å². The largest absolute Gasteiger partial charge is 0.494 e. The third kappa shape index (κ3) is 4.91. The van der Waals surface area contributed by atoms with Gasteiger partial charge in [0.15, 0.2) is 0 Å². The summed E-state index contributed by atoms with van der Waals surface area (Å²) in [5.74, 6) is 0.909. The summed E-state index contributed by atoms with van der Waals surface area (Å²) < 4.78 is 5.42. The summed E-state index contributed by atoms with van der Waals surface area (Å²) in [4.78, 5) is 11.9. The Morgan fingerprint density at radius 3 is 2.79 bits per heavy atom. The van der Waals surface area contributed by atoms with Crippen LogP contribution in [0.4, 0.5) is 0 Å². The van der Waals surface area contributed by atoms with Crippen LogP contribution in [0.15, 0.2) is 24.3 Å². The van der Waals surface area contributed by atoms with Gasteiger partial charge in [0.2, 0.25) is 5.91 Å². The van der Waals surface area contributed by atoms with Crippen LogP contribution in [0.5, 0.6) is 5.75 Å². The number of carbonyl (C=O) groups is 1. The molecule has 1 amide bonds. The van der Waals surface area contributed by atoms with Gasteiger partial charge in [-0.3, -0.25) is 4.79 Å². The van der Waals surface area contributed by atoms with Gasteiger partial charge in [-0.1, -0.05) is 32.4 Å². The maximum atomic E-state index is 11.9. The standard InChI is InChI=1S/C15H24N2O2/c1-4-11(3)14(16)15(18)17-10-12-7-6-8-13(9-12)19-5-2/h6-9,11,14H,4-5,10,16H2,1-3H3,(H,17,18)/t11?,14-/m0/s1. The SMILES string of the molecule is CCOc1cccc(CNC(=O)[C@@H](N)C(C)CC)c1. The van der Waals surface area contributed by atoms with E-state index in [-0.39, 0.29) is 11.8 Å². The Hall–Kier alpha value is -1.55. The van der Waals surface area contributed by atoms with E-state index in [4.69, 9.17) is 10.5 Å². The molecule has 0 aliphatic carbocycles. The van der Waals surface area contributed by atoms with E-state index >= 15 is 0 Å². The number of nitrogens with two attached hydrogens (primary N) is 1. The van der Waals surface area contributed by atoms with Crippen LogP contribution in [0.2, 0.25) is 0 Å². The summed E-state index contributed by atoms with van der Waals surface area (Å²) in [7, 11) is 0. The summed E-state index contributed by atoms with van der Waals surface area (Å²) in [6, 6.07) is 7.26. The molecule has 0 aliphatic heterocycles. The zero-order chi connectivity index (χ0) is 14.3. The molecule has 0 aliphatic rings. The van der Waals surface area contributed by atoms with Gasteiger partial charge in [0, 0.05) is 6.54 Å². The van der Waals surface area contributed by atoms with Gasteiger partial charge in [0.05, 0.1) is 12.6 Å². The number of hydrogen-bond donors (Lipinski definition) is 2. The second-order valence-electron chi connectivity index (χ2n) is 4.71. The van der Waals surface area contributed by atoms with E-state index in [2.05, 4.69) is 5.32 Å². The predicted molar refractivity (Wildman–Crippen MR) is 76.9 cm³/mol. The van der Waals surface area contributed by atoms with Gasteiger partial charge in [0.25, 0.3) is 0 Å². The molecule has 0 aromatic heterocycles. The van der Waals surface area contributed by atoms with Gasteiger partial charge in [-0.25, -0.2) is 0 Å². The van der Waals surface area contributed by atoms with Crippen molar-refractivity contribution in [1.82, 2.24) is 5.32 Å². The van der Waals surface area contributed by atoms with Crippen LogP contribution in [-0.4, -0.2) is 18.6 Å². The number of benzene rings is 1. The van der Waals surface area contributed by atoms with Crippen molar-refractivity contribution in [3.63, 3.8) is 0 Å². The molecule has 0 fully saturated rings. The smallest absolute Gasteiger partial charge is 0.237 e. The van der Waals surface area contributed by atoms with Crippen molar-refractivity contribution in [2.45, 2.75) is 39.8 Å². The number of rotatable bonds is 7. The predicted octanol–water partition coefficient (Wildman–Crippen LogP) is 2.07. The molecule has 1 aromatic rings. The lowest BCUT2D eigenvalue weighted by molar-refractivity contribution is -0.123.